The molecule has 2 aliphatic heterocycles. The van der Waals surface area contributed by atoms with Gasteiger partial charge in [0.2, 0.25) is 5.91 Å². The van der Waals surface area contributed by atoms with Gasteiger partial charge in [-0.1, -0.05) is 59.8 Å². The number of nitrogens with zero attached hydrogens (tertiary/aromatic N) is 3. The molecule has 1 N–H and O–H groups in total. The average molecular weight is 549 g/mol. The fourth-order valence-electron chi connectivity index (χ4n) is 4.31. The number of carbonyl (C=O) groups excluding carboxylic acids is 2. The lowest BCUT2D eigenvalue weighted by molar-refractivity contribution is -0.121. The zero-order valence-electron chi connectivity index (χ0n) is 20.8. The molecule has 0 saturated carbocycles. The van der Waals surface area contributed by atoms with Crippen molar-refractivity contribution >= 4 is 51.7 Å². The molecule has 0 bridgehead atoms. The summed E-state index contributed by atoms with van der Waals surface area (Å²) in [4.78, 5) is 29.9. The first kappa shape index (κ1) is 25.8. The van der Waals surface area contributed by atoms with Gasteiger partial charge in [0.15, 0.2) is 5.17 Å². The van der Waals surface area contributed by atoms with Gasteiger partial charge in [0, 0.05) is 17.9 Å². The molecular weight excluding hydrogens is 524 g/mol. The second-order valence-corrected chi connectivity index (χ2v) is 10.3. The average Bonchev–Trinajstić information content (AvgIpc) is 3.53. The minimum absolute atomic E-state index is 0.0245. The Hall–Kier alpha value is -3.82. The van der Waals surface area contributed by atoms with Crippen LogP contribution in [0.1, 0.15) is 30.0 Å². The van der Waals surface area contributed by atoms with Crippen molar-refractivity contribution in [3.8, 4) is 11.5 Å². The number of hydrogen-bond donors (Lipinski definition) is 1. The molecule has 0 fully saturated rings. The van der Waals surface area contributed by atoms with Crippen LogP contribution in [0.2, 0.25) is 5.02 Å². The highest BCUT2D eigenvalue weighted by Gasteiger charge is 2.39. The van der Waals surface area contributed by atoms with E-state index in [9.17, 15) is 9.59 Å². The van der Waals surface area contributed by atoms with E-state index in [4.69, 9.17) is 26.2 Å². The number of carbonyl (C=O) groups is 2. The first-order chi connectivity index (χ1) is 18.4. The highest BCUT2D eigenvalue weighted by Crippen LogP contribution is 2.39. The smallest absolute Gasteiger partial charge is 0.262 e. The molecule has 5 rings (SSSR count). The maximum absolute atomic E-state index is 12.8. The van der Waals surface area contributed by atoms with Crippen LogP contribution in [-0.4, -0.2) is 47.2 Å². The lowest BCUT2D eigenvalue weighted by atomic mass is 9.98. The number of hydrazone groups is 1. The fourth-order valence-corrected chi connectivity index (χ4v) is 5.50. The van der Waals surface area contributed by atoms with Crippen LogP contribution in [0.3, 0.4) is 0 Å². The molecule has 0 radical (unpaired) electrons. The number of amidine groups is 1. The number of para-hydroxylation sites is 2. The number of benzene rings is 3. The zero-order valence-corrected chi connectivity index (χ0v) is 22.3. The Morgan fingerprint density at radius 3 is 2.50 bits per heavy atom. The normalized spacial score (nSPS) is 18.7. The van der Waals surface area contributed by atoms with Crippen LogP contribution in [0, 0.1) is 0 Å². The lowest BCUT2D eigenvalue weighted by Crippen LogP contribution is -2.25. The van der Waals surface area contributed by atoms with Gasteiger partial charge in [-0.05, 0) is 47.5 Å². The van der Waals surface area contributed by atoms with E-state index < -0.39 is 5.25 Å². The Bertz CT molecular complexity index is 1410. The van der Waals surface area contributed by atoms with E-state index in [0.29, 0.717) is 28.0 Å². The van der Waals surface area contributed by atoms with Crippen LogP contribution >= 0.6 is 23.4 Å². The summed E-state index contributed by atoms with van der Waals surface area (Å²) in [6.45, 7) is 0. The third kappa shape index (κ3) is 5.54. The standard InChI is InChI=1S/C28H25ClN4O4S/c1-36-20-13-9-18(10-14-20)23-15-22(17-7-11-19(29)12-8-17)32-33(23)28-31-27(35)25(38-28)16-26(34)30-21-5-3-4-6-24(21)37-2/h3-14,23,25H,15-16H2,1-2H3,(H,30,34)/t23-,25+/m1/s1. The molecular formula is C28H25ClN4O4S. The Kier molecular flexibility index (Phi) is 7.67. The molecule has 0 aliphatic carbocycles. The molecule has 0 aromatic heterocycles. The van der Waals surface area contributed by atoms with E-state index >= 15 is 0 Å². The highest BCUT2D eigenvalue weighted by atomic mass is 35.5. The molecule has 2 aliphatic rings. The van der Waals surface area contributed by atoms with Crippen LogP contribution in [0.15, 0.2) is 82.9 Å². The van der Waals surface area contributed by atoms with E-state index in [2.05, 4.69) is 10.3 Å². The van der Waals surface area contributed by atoms with Crippen LogP contribution in [0.5, 0.6) is 11.5 Å². The van der Waals surface area contributed by atoms with Crippen molar-refractivity contribution < 1.29 is 19.1 Å². The van der Waals surface area contributed by atoms with Crippen molar-refractivity contribution in [3.63, 3.8) is 0 Å². The van der Waals surface area contributed by atoms with Gasteiger partial charge >= 0.3 is 0 Å². The monoisotopic (exact) mass is 548 g/mol. The third-order valence-electron chi connectivity index (χ3n) is 6.27. The molecule has 8 nitrogen and oxygen atoms in total. The predicted molar refractivity (Wildman–Crippen MR) is 150 cm³/mol. The topological polar surface area (TPSA) is 92.6 Å². The number of aliphatic imine (C=N–C) groups is 1. The minimum atomic E-state index is -0.647. The van der Waals surface area contributed by atoms with Crippen LogP contribution in [-0.2, 0) is 9.59 Å². The van der Waals surface area contributed by atoms with Crippen LogP contribution in [0.4, 0.5) is 5.69 Å². The van der Waals surface area contributed by atoms with E-state index in [0.717, 1.165) is 22.6 Å². The zero-order chi connectivity index (χ0) is 26.6. The summed E-state index contributed by atoms with van der Waals surface area (Å²) in [7, 11) is 3.16. The molecule has 2 atom stereocenters. The molecule has 38 heavy (non-hydrogen) atoms. The number of thioether (sulfide) groups is 1. The van der Waals surface area contributed by atoms with E-state index in [1.165, 1.54) is 18.9 Å². The van der Waals surface area contributed by atoms with Gasteiger partial charge in [0.05, 0.1) is 31.7 Å². The Labute approximate surface area is 229 Å². The molecule has 0 spiro atoms. The number of methoxy groups -OCH3 is 2. The third-order valence-corrected chi connectivity index (χ3v) is 7.66. The van der Waals surface area contributed by atoms with Gasteiger partial charge in [0.1, 0.15) is 16.7 Å². The maximum atomic E-state index is 12.8. The van der Waals surface area contributed by atoms with Crippen molar-refractivity contribution in [2.75, 3.05) is 19.5 Å². The highest BCUT2D eigenvalue weighted by molar-refractivity contribution is 8.15. The molecule has 3 aromatic rings. The summed E-state index contributed by atoms with van der Waals surface area (Å²) >= 11 is 7.34. The van der Waals surface area contributed by atoms with Crippen LogP contribution < -0.4 is 14.8 Å². The number of ether oxygens (including phenoxy) is 2. The quantitative estimate of drug-likeness (QED) is 0.417. The summed E-state index contributed by atoms with van der Waals surface area (Å²) in [6, 6.07) is 22.2. The van der Waals surface area contributed by atoms with E-state index in [-0.39, 0.29) is 24.3 Å². The molecule has 0 saturated heterocycles. The summed E-state index contributed by atoms with van der Waals surface area (Å²) in [6.07, 6.45) is 0.587. The summed E-state index contributed by atoms with van der Waals surface area (Å²) < 4.78 is 10.6. The van der Waals surface area contributed by atoms with Crippen molar-refractivity contribution in [1.82, 2.24) is 5.01 Å². The van der Waals surface area contributed by atoms with Gasteiger partial charge in [-0.15, -0.1) is 0 Å². The number of rotatable bonds is 7. The summed E-state index contributed by atoms with van der Waals surface area (Å²) in [5.74, 6) is 0.645. The summed E-state index contributed by atoms with van der Waals surface area (Å²) in [5.41, 5.74) is 3.35. The summed E-state index contributed by atoms with van der Waals surface area (Å²) in [5, 5.41) is 9.94. The maximum Gasteiger partial charge on any atom is 0.262 e. The van der Waals surface area contributed by atoms with Gasteiger partial charge < -0.3 is 14.8 Å². The fraction of sp³-hybridized carbons (Fsp3) is 0.214. The van der Waals surface area contributed by atoms with E-state index in [1.54, 1.807) is 30.3 Å². The lowest BCUT2D eigenvalue weighted by Gasteiger charge is -2.23. The van der Waals surface area contributed by atoms with Gasteiger partial charge in [-0.2, -0.15) is 10.1 Å². The number of halogens is 1. The predicted octanol–water partition coefficient (Wildman–Crippen LogP) is 5.54. The number of nitrogens with one attached hydrogen (secondary N) is 1. The van der Waals surface area contributed by atoms with Gasteiger partial charge in [0.25, 0.3) is 5.91 Å². The first-order valence-corrected chi connectivity index (χ1v) is 13.2. The number of amides is 2. The Morgan fingerprint density at radius 2 is 1.79 bits per heavy atom. The van der Waals surface area contributed by atoms with Gasteiger partial charge in [-0.3, -0.25) is 9.59 Å². The Morgan fingerprint density at radius 1 is 1.05 bits per heavy atom. The van der Waals surface area contributed by atoms with Crippen molar-refractivity contribution in [1.29, 1.82) is 0 Å². The molecule has 3 aromatic carbocycles. The minimum Gasteiger partial charge on any atom is -0.497 e. The second-order valence-electron chi connectivity index (χ2n) is 8.68. The number of anilines is 1. The molecule has 10 heteroatoms. The van der Waals surface area contributed by atoms with E-state index in [1.807, 2.05) is 54.6 Å². The molecule has 2 amide bonds. The Balaban J connectivity index is 1.35. The molecule has 194 valence electrons. The SMILES string of the molecule is COc1ccc([C@H]2CC(c3ccc(Cl)cc3)=NN2C2=NC(=O)[C@H](CC(=O)Nc3ccccc3OC)S2)cc1. The largest absolute Gasteiger partial charge is 0.497 e. The van der Waals surface area contributed by atoms with Gasteiger partial charge in [-0.25, -0.2) is 5.01 Å². The van der Waals surface area contributed by atoms with Crippen molar-refractivity contribution in [3.05, 3.63) is 88.9 Å². The van der Waals surface area contributed by atoms with Crippen molar-refractivity contribution in [2.24, 2.45) is 10.1 Å². The number of hydrogen-bond acceptors (Lipinski definition) is 7. The van der Waals surface area contributed by atoms with Crippen molar-refractivity contribution in [2.45, 2.75) is 24.1 Å². The molecule has 2 heterocycles. The van der Waals surface area contributed by atoms with Crippen LogP contribution in [0.25, 0.3) is 0 Å². The first-order valence-electron chi connectivity index (χ1n) is 11.9. The second kappa shape index (κ2) is 11.3. The molecule has 0 unspecified atom stereocenters.